The highest BCUT2D eigenvalue weighted by atomic mass is 16.3. The number of carbonyl (C=O) groups excluding carboxylic acids is 2. The van der Waals surface area contributed by atoms with Gasteiger partial charge in [-0.25, -0.2) is 0 Å². The van der Waals surface area contributed by atoms with Crippen LogP contribution in [0.5, 0.6) is 0 Å². The third-order valence-electron chi connectivity index (χ3n) is 2.02. The maximum absolute atomic E-state index is 11.7. The molecule has 0 spiro atoms. The van der Waals surface area contributed by atoms with Gasteiger partial charge in [-0.15, -0.1) is 0 Å². The Hall–Kier alpha value is -1.62. The molecule has 0 heterocycles. The summed E-state index contributed by atoms with van der Waals surface area (Å²) in [4.78, 5) is 23.1. The Morgan fingerprint density at radius 1 is 1.18 bits per heavy atom. The smallest absolute Gasteiger partial charge is 0.267 e. The highest BCUT2D eigenvalue weighted by molar-refractivity contribution is 5.97. The maximum atomic E-state index is 11.7. The molecule has 0 unspecified atom stereocenters. The van der Waals surface area contributed by atoms with Crippen molar-refractivity contribution in [1.29, 1.82) is 0 Å². The Bertz CT molecular complexity index is 324. The van der Waals surface area contributed by atoms with Gasteiger partial charge < -0.3 is 5.11 Å². The van der Waals surface area contributed by atoms with Crippen LogP contribution >= 0.6 is 0 Å². The summed E-state index contributed by atoms with van der Waals surface area (Å²) in [5.41, 5.74) is 3.13. The van der Waals surface area contributed by atoms with Crippen LogP contribution < -0.4 is 5.43 Å². The molecule has 0 aliphatic heterocycles. The molecule has 2 N–H and O–H groups in total. The minimum absolute atomic E-state index is 0.0591. The van der Waals surface area contributed by atoms with Crippen LogP contribution in [0.4, 0.5) is 0 Å². The van der Waals surface area contributed by atoms with Crippen molar-refractivity contribution in [2.75, 3.05) is 13.2 Å². The van der Waals surface area contributed by atoms with Crippen molar-refractivity contribution in [2.24, 2.45) is 0 Å². The molecule has 0 atom stereocenters. The molecule has 0 saturated heterocycles. The number of nitrogens with zero attached hydrogens (tertiary/aromatic N) is 1. The van der Waals surface area contributed by atoms with E-state index in [0.29, 0.717) is 30.5 Å². The van der Waals surface area contributed by atoms with Crippen molar-refractivity contribution in [3.8, 4) is 0 Å². The Morgan fingerprint density at radius 2 is 1.76 bits per heavy atom. The first-order valence-electron chi connectivity index (χ1n) is 5.45. The van der Waals surface area contributed by atoms with E-state index in [4.69, 9.17) is 5.11 Å². The van der Waals surface area contributed by atoms with E-state index in [1.54, 1.807) is 13.8 Å². The monoisotopic (exact) mass is 240 g/mol. The van der Waals surface area contributed by atoms with Gasteiger partial charge in [0.15, 0.2) is 0 Å². The lowest BCUT2D eigenvalue weighted by atomic mass is 10.2. The minimum Gasteiger partial charge on any atom is -0.396 e. The predicted molar refractivity (Wildman–Crippen MR) is 65.8 cm³/mol. The van der Waals surface area contributed by atoms with Crippen LogP contribution in [-0.2, 0) is 9.59 Å². The third kappa shape index (κ3) is 5.87. The largest absolute Gasteiger partial charge is 0.396 e. The van der Waals surface area contributed by atoms with Gasteiger partial charge in [-0.1, -0.05) is 13.2 Å². The molecule has 0 aromatic heterocycles. The summed E-state index contributed by atoms with van der Waals surface area (Å²) < 4.78 is 0. The number of rotatable bonds is 6. The van der Waals surface area contributed by atoms with Crippen molar-refractivity contribution in [3.63, 3.8) is 0 Å². The maximum Gasteiger partial charge on any atom is 0.267 e. The molecule has 0 aromatic rings. The minimum atomic E-state index is -0.399. The van der Waals surface area contributed by atoms with Crippen LogP contribution in [0.1, 0.15) is 26.7 Å². The van der Waals surface area contributed by atoms with Crippen molar-refractivity contribution < 1.29 is 14.7 Å². The lowest BCUT2D eigenvalue weighted by Gasteiger charge is -2.23. The molecular formula is C12H20N2O3. The van der Waals surface area contributed by atoms with E-state index in [1.807, 2.05) is 0 Å². The third-order valence-corrected chi connectivity index (χ3v) is 2.02. The second-order valence-electron chi connectivity index (χ2n) is 3.89. The molecule has 0 aliphatic carbocycles. The van der Waals surface area contributed by atoms with Crippen molar-refractivity contribution in [3.05, 3.63) is 24.3 Å². The summed E-state index contributed by atoms with van der Waals surface area (Å²) in [6.07, 6.45) is 1.18. The standard InChI is InChI=1S/C12H20N2O3/c1-9(2)11(16)13-14(7-5-6-8-15)12(17)10(3)4/h15H,1,3,5-8H2,2,4H3,(H,13,16). The molecule has 0 fully saturated rings. The molecule has 0 rings (SSSR count). The van der Waals surface area contributed by atoms with Crippen molar-refractivity contribution in [2.45, 2.75) is 26.7 Å². The van der Waals surface area contributed by atoms with E-state index >= 15 is 0 Å². The van der Waals surface area contributed by atoms with Gasteiger partial charge in [-0.2, -0.15) is 0 Å². The van der Waals surface area contributed by atoms with Crippen LogP contribution in [0, 0.1) is 0 Å². The first-order chi connectivity index (χ1) is 7.90. The molecule has 0 bridgehead atoms. The average molecular weight is 240 g/mol. The van der Waals surface area contributed by atoms with Gasteiger partial charge in [-0.05, 0) is 26.7 Å². The van der Waals surface area contributed by atoms with Gasteiger partial charge in [0, 0.05) is 24.3 Å². The predicted octanol–water partition coefficient (Wildman–Crippen LogP) is 0.771. The van der Waals surface area contributed by atoms with E-state index in [2.05, 4.69) is 18.6 Å². The number of hydrogen-bond donors (Lipinski definition) is 2. The number of aliphatic hydroxyl groups excluding tert-OH is 1. The highest BCUT2D eigenvalue weighted by Gasteiger charge is 2.16. The first-order valence-corrected chi connectivity index (χ1v) is 5.45. The highest BCUT2D eigenvalue weighted by Crippen LogP contribution is 2.00. The average Bonchev–Trinajstić information content (AvgIpc) is 2.26. The van der Waals surface area contributed by atoms with E-state index in [-0.39, 0.29) is 12.5 Å². The van der Waals surface area contributed by atoms with Gasteiger partial charge in [-0.3, -0.25) is 20.0 Å². The van der Waals surface area contributed by atoms with Crippen molar-refractivity contribution in [1.82, 2.24) is 10.4 Å². The summed E-state index contributed by atoms with van der Waals surface area (Å²) in [7, 11) is 0. The van der Waals surface area contributed by atoms with Crippen LogP contribution in [0.2, 0.25) is 0 Å². The zero-order valence-corrected chi connectivity index (χ0v) is 10.5. The number of unbranched alkanes of at least 4 members (excludes halogenated alkanes) is 1. The number of aliphatic hydroxyl groups is 1. The summed E-state index contributed by atoms with van der Waals surface area (Å²) in [5, 5.41) is 9.88. The van der Waals surface area contributed by atoms with Crippen LogP contribution in [0.3, 0.4) is 0 Å². The number of nitrogens with one attached hydrogen (secondary N) is 1. The van der Waals surface area contributed by atoms with Gasteiger partial charge >= 0.3 is 0 Å². The number of hydrogen-bond acceptors (Lipinski definition) is 3. The molecule has 17 heavy (non-hydrogen) atoms. The molecule has 0 saturated carbocycles. The Morgan fingerprint density at radius 3 is 2.18 bits per heavy atom. The lowest BCUT2D eigenvalue weighted by Crippen LogP contribution is -2.47. The fraction of sp³-hybridized carbons (Fsp3) is 0.500. The number of hydrazine groups is 1. The molecule has 5 heteroatoms. The Kier molecular flexibility index (Phi) is 6.89. The quantitative estimate of drug-likeness (QED) is 0.409. The normalized spacial score (nSPS) is 9.59. The van der Waals surface area contributed by atoms with Crippen molar-refractivity contribution >= 4 is 11.8 Å². The van der Waals surface area contributed by atoms with E-state index in [1.165, 1.54) is 5.01 Å². The van der Waals surface area contributed by atoms with Gasteiger partial charge in [0.1, 0.15) is 0 Å². The lowest BCUT2D eigenvalue weighted by molar-refractivity contribution is -0.137. The molecule has 0 radical (unpaired) electrons. The van der Waals surface area contributed by atoms with Crippen LogP contribution in [-0.4, -0.2) is 35.1 Å². The number of amides is 2. The fourth-order valence-corrected chi connectivity index (χ4v) is 1.04. The summed E-state index contributed by atoms with van der Waals surface area (Å²) in [6.45, 7) is 10.6. The Labute approximate surface area is 102 Å². The van der Waals surface area contributed by atoms with E-state index < -0.39 is 5.91 Å². The zero-order chi connectivity index (χ0) is 13.4. The second kappa shape index (κ2) is 7.62. The molecule has 96 valence electrons. The Balaban J connectivity index is 4.50. The summed E-state index contributed by atoms with van der Waals surface area (Å²) >= 11 is 0. The van der Waals surface area contributed by atoms with E-state index in [9.17, 15) is 9.59 Å². The SMILES string of the molecule is C=C(C)C(=O)NN(CCCCO)C(=O)C(=C)C. The first kappa shape index (κ1) is 15.4. The van der Waals surface area contributed by atoms with Crippen LogP contribution in [0.15, 0.2) is 24.3 Å². The molecular weight excluding hydrogens is 220 g/mol. The van der Waals surface area contributed by atoms with Gasteiger partial charge in [0.2, 0.25) is 0 Å². The molecule has 0 aliphatic rings. The summed E-state index contributed by atoms with van der Waals surface area (Å²) in [5.74, 6) is -0.735. The number of carbonyl (C=O) groups is 2. The summed E-state index contributed by atoms with van der Waals surface area (Å²) in [6, 6.07) is 0. The second-order valence-corrected chi connectivity index (χ2v) is 3.89. The fourth-order valence-electron chi connectivity index (χ4n) is 1.04. The zero-order valence-electron chi connectivity index (χ0n) is 10.5. The molecule has 0 aromatic carbocycles. The molecule has 5 nitrogen and oxygen atoms in total. The van der Waals surface area contributed by atoms with E-state index in [0.717, 1.165) is 0 Å². The topological polar surface area (TPSA) is 69.6 Å². The van der Waals surface area contributed by atoms with Gasteiger partial charge in [0.05, 0.1) is 0 Å². The van der Waals surface area contributed by atoms with Crippen LogP contribution in [0.25, 0.3) is 0 Å². The van der Waals surface area contributed by atoms with Gasteiger partial charge in [0.25, 0.3) is 11.8 Å². The molecule has 2 amide bonds.